The zero-order chi connectivity index (χ0) is 8.97. The highest BCUT2D eigenvalue weighted by atomic mass is 32.1. The number of hydrogen-bond donors (Lipinski definition) is 2. The maximum absolute atomic E-state index is 5.14. The lowest BCUT2D eigenvalue weighted by Crippen LogP contribution is -2.46. The normalized spacial score (nSPS) is 18.1. The smallest absolute Gasteiger partial charge is 0.175 e. The van der Waals surface area contributed by atoms with Gasteiger partial charge in [0, 0.05) is 20.1 Å². The van der Waals surface area contributed by atoms with Gasteiger partial charge in [0.15, 0.2) is 10.2 Å². The molecular formula is C7H13N3S2. The fourth-order valence-corrected chi connectivity index (χ4v) is 1.64. The van der Waals surface area contributed by atoms with Gasteiger partial charge in [-0.05, 0) is 37.3 Å². The van der Waals surface area contributed by atoms with Crippen LogP contribution in [0.25, 0.3) is 0 Å². The molecule has 1 saturated heterocycles. The molecule has 0 saturated carbocycles. The molecule has 1 rings (SSSR count). The molecule has 1 heterocycles. The average molecular weight is 203 g/mol. The Kier molecular flexibility index (Phi) is 3.68. The molecule has 0 spiro atoms. The van der Waals surface area contributed by atoms with Crippen LogP contribution in [0.2, 0.25) is 0 Å². The predicted octanol–water partition coefficient (Wildman–Crippen LogP) is 0.461. The van der Waals surface area contributed by atoms with Gasteiger partial charge >= 0.3 is 0 Å². The van der Waals surface area contributed by atoms with Crippen molar-refractivity contribution in [2.45, 2.75) is 12.8 Å². The largest absolute Gasteiger partial charge is 0.365 e. The van der Waals surface area contributed by atoms with Gasteiger partial charge in [-0.3, -0.25) is 4.90 Å². The highest BCUT2D eigenvalue weighted by Gasteiger charge is 2.15. The van der Waals surface area contributed by atoms with Gasteiger partial charge in [0.1, 0.15) is 0 Å². The number of hydrogen-bond acceptors (Lipinski definition) is 2. The van der Waals surface area contributed by atoms with Gasteiger partial charge in [0.25, 0.3) is 0 Å². The lowest BCUT2D eigenvalue weighted by molar-refractivity contribution is 0.584. The highest BCUT2D eigenvalue weighted by molar-refractivity contribution is 7.81. The van der Waals surface area contributed by atoms with Crippen LogP contribution in [0.1, 0.15) is 12.8 Å². The van der Waals surface area contributed by atoms with Crippen LogP contribution in [-0.4, -0.2) is 35.3 Å². The molecule has 5 heteroatoms. The molecule has 0 aromatic heterocycles. The molecule has 0 bridgehead atoms. The second-order valence-electron chi connectivity index (χ2n) is 2.65. The zero-order valence-corrected chi connectivity index (χ0v) is 8.73. The summed E-state index contributed by atoms with van der Waals surface area (Å²) in [6.45, 7) is 1.88. The van der Waals surface area contributed by atoms with E-state index in [2.05, 4.69) is 10.6 Å². The van der Waals surface area contributed by atoms with E-state index in [4.69, 9.17) is 24.4 Å². The van der Waals surface area contributed by atoms with Gasteiger partial charge in [-0.1, -0.05) is 0 Å². The Balaban J connectivity index is 2.59. The van der Waals surface area contributed by atoms with E-state index in [0.29, 0.717) is 5.11 Å². The lowest BCUT2D eigenvalue weighted by Gasteiger charge is -2.22. The van der Waals surface area contributed by atoms with Crippen LogP contribution in [0, 0.1) is 0 Å². The monoisotopic (exact) mass is 203 g/mol. The van der Waals surface area contributed by atoms with Crippen molar-refractivity contribution in [1.29, 1.82) is 0 Å². The van der Waals surface area contributed by atoms with Gasteiger partial charge in [-0.25, -0.2) is 0 Å². The third kappa shape index (κ3) is 2.28. The first-order valence-corrected chi connectivity index (χ1v) is 4.84. The molecule has 0 radical (unpaired) electrons. The molecule has 0 unspecified atom stereocenters. The third-order valence-electron chi connectivity index (χ3n) is 1.79. The van der Waals surface area contributed by atoms with E-state index in [9.17, 15) is 0 Å². The van der Waals surface area contributed by atoms with Crippen LogP contribution in [0.3, 0.4) is 0 Å². The molecule has 3 nitrogen and oxygen atoms in total. The molecule has 1 aliphatic heterocycles. The van der Waals surface area contributed by atoms with Crippen molar-refractivity contribution in [3.63, 3.8) is 0 Å². The minimum absolute atomic E-state index is 0.703. The Morgan fingerprint density at radius 3 is 3.00 bits per heavy atom. The summed E-state index contributed by atoms with van der Waals surface area (Å²) < 4.78 is 0. The van der Waals surface area contributed by atoms with Crippen molar-refractivity contribution in [3.8, 4) is 0 Å². The minimum Gasteiger partial charge on any atom is -0.365 e. The number of rotatable bonds is 0. The van der Waals surface area contributed by atoms with Crippen LogP contribution in [0.4, 0.5) is 0 Å². The third-order valence-corrected chi connectivity index (χ3v) is 2.58. The van der Waals surface area contributed by atoms with E-state index in [1.165, 1.54) is 0 Å². The van der Waals surface area contributed by atoms with E-state index >= 15 is 0 Å². The molecule has 1 aliphatic rings. The van der Waals surface area contributed by atoms with Crippen molar-refractivity contribution in [3.05, 3.63) is 0 Å². The molecule has 0 aromatic rings. The zero-order valence-electron chi connectivity index (χ0n) is 7.09. The fourth-order valence-electron chi connectivity index (χ4n) is 1.12. The topological polar surface area (TPSA) is 27.3 Å². The molecule has 68 valence electrons. The van der Waals surface area contributed by atoms with Gasteiger partial charge in [0.05, 0.1) is 0 Å². The van der Waals surface area contributed by atoms with Crippen molar-refractivity contribution in [2.24, 2.45) is 0 Å². The lowest BCUT2D eigenvalue weighted by atomic mass is 10.3. The Labute approximate surface area is 83.5 Å². The van der Waals surface area contributed by atoms with Gasteiger partial charge in [-0.15, -0.1) is 0 Å². The summed E-state index contributed by atoms with van der Waals surface area (Å²) in [7, 11) is 1.82. The minimum atomic E-state index is 0.703. The highest BCUT2D eigenvalue weighted by Crippen LogP contribution is 2.01. The molecule has 0 amide bonds. The molecule has 1 fully saturated rings. The SMILES string of the molecule is CNC(=S)N1CCCCNC1=S. The first-order chi connectivity index (χ1) is 5.75. The van der Waals surface area contributed by atoms with E-state index < -0.39 is 0 Å². The molecule has 0 aromatic carbocycles. The summed E-state index contributed by atoms with van der Waals surface area (Å²) in [5, 5.41) is 7.51. The quantitative estimate of drug-likeness (QED) is 0.558. The van der Waals surface area contributed by atoms with E-state index in [-0.39, 0.29) is 0 Å². The number of nitrogens with zero attached hydrogens (tertiary/aromatic N) is 1. The molecule has 0 atom stereocenters. The number of nitrogens with one attached hydrogen (secondary N) is 2. The Bertz CT molecular complexity index is 193. The first-order valence-electron chi connectivity index (χ1n) is 4.03. The van der Waals surface area contributed by atoms with Crippen LogP contribution in [-0.2, 0) is 0 Å². The summed E-state index contributed by atoms with van der Waals surface area (Å²) in [6, 6.07) is 0. The van der Waals surface area contributed by atoms with Crippen LogP contribution in [0.5, 0.6) is 0 Å². The van der Waals surface area contributed by atoms with Gasteiger partial charge in [-0.2, -0.15) is 0 Å². The van der Waals surface area contributed by atoms with Crippen molar-refractivity contribution in [2.75, 3.05) is 20.1 Å². The van der Waals surface area contributed by atoms with Gasteiger partial charge in [0.2, 0.25) is 0 Å². The van der Waals surface area contributed by atoms with Crippen LogP contribution < -0.4 is 10.6 Å². The molecule has 12 heavy (non-hydrogen) atoms. The maximum atomic E-state index is 5.14. The van der Waals surface area contributed by atoms with Crippen LogP contribution >= 0.6 is 24.4 Å². The van der Waals surface area contributed by atoms with E-state index in [1.807, 2.05) is 11.9 Å². The standard InChI is InChI=1S/C7H13N3S2/c1-8-6(11)10-5-3-2-4-9-7(10)12/h2-5H2,1H3,(H,8,11)(H,9,12). The van der Waals surface area contributed by atoms with E-state index in [1.54, 1.807) is 0 Å². The second kappa shape index (κ2) is 4.57. The Morgan fingerprint density at radius 1 is 1.58 bits per heavy atom. The van der Waals surface area contributed by atoms with Gasteiger partial charge < -0.3 is 10.6 Å². The Hall–Kier alpha value is -0.420. The van der Waals surface area contributed by atoms with E-state index in [0.717, 1.165) is 31.0 Å². The van der Waals surface area contributed by atoms with Crippen molar-refractivity contribution < 1.29 is 0 Å². The molecule has 0 aliphatic carbocycles. The van der Waals surface area contributed by atoms with Crippen molar-refractivity contribution in [1.82, 2.24) is 15.5 Å². The fraction of sp³-hybridized carbons (Fsp3) is 0.714. The maximum Gasteiger partial charge on any atom is 0.175 e. The molecular weight excluding hydrogens is 190 g/mol. The van der Waals surface area contributed by atoms with Crippen molar-refractivity contribution >= 4 is 34.7 Å². The Morgan fingerprint density at radius 2 is 2.33 bits per heavy atom. The number of thiocarbonyl (C=S) groups is 2. The summed E-state index contributed by atoms with van der Waals surface area (Å²) in [4.78, 5) is 1.93. The predicted molar refractivity (Wildman–Crippen MR) is 58.2 cm³/mol. The summed E-state index contributed by atoms with van der Waals surface area (Å²) >= 11 is 10.2. The van der Waals surface area contributed by atoms with Crippen LogP contribution in [0.15, 0.2) is 0 Å². The summed E-state index contributed by atoms with van der Waals surface area (Å²) in [6.07, 6.45) is 2.29. The second-order valence-corrected chi connectivity index (χ2v) is 3.42. The summed E-state index contributed by atoms with van der Waals surface area (Å²) in [5.41, 5.74) is 0. The first kappa shape index (κ1) is 9.67. The average Bonchev–Trinajstić information content (AvgIpc) is 2.28. The molecule has 2 N–H and O–H groups in total. The summed E-state index contributed by atoms with van der Waals surface area (Å²) in [5.74, 6) is 0.